The Labute approximate surface area is 182 Å². The van der Waals surface area contributed by atoms with E-state index in [1.807, 2.05) is 36.5 Å². The third-order valence-corrected chi connectivity index (χ3v) is 5.11. The number of benzene rings is 2. The molecule has 0 fully saturated rings. The summed E-state index contributed by atoms with van der Waals surface area (Å²) in [6, 6.07) is 27.0. The third kappa shape index (κ3) is 5.36. The average Bonchev–Trinajstić information content (AvgIpc) is 3.38. The van der Waals surface area contributed by atoms with E-state index in [4.69, 9.17) is 0 Å². The predicted molar refractivity (Wildman–Crippen MR) is 124 cm³/mol. The van der Waals surface area contributed by atoms with Crippen LogP contribution < -0.4 is 10.6 Å². The second kappa shape index (κ2) is 10.2. The van der Waals surface area contributed by atoms with Crippen molar-refractivity contribution in [1.29, 1.82) is 0 Å². The van der Waals surface area contributed by atoms with Gasteiger partial charge in [0.2, 0.25) is 0 Å². The Morgan fingerprint density at radius 2 is 1.61 bits per heavy atom. The Morgan fingerprint density at radius 1 is 0.903 bits per heavy atom. The van der Waals surface area contributed by atoms with E-state index in [0.717, 1.165) is 23.9 Å². The second-order valence-corrected chi connectivity index (χ2v) is 7.15. The molecule has 2 aromatic carbocycles. The Balaban J connectivity index is 1.41. The van der Waals surface area contributed by atoms with Crippen LogP contribution in [0, 0.1) is 0 Å². The number of rotatable bonds is 7. The molecule has 2 heterocycles. The molecule has 0 atom stereocenters. The summed E-state index contributed by atoms with van der Waals surface area (Å²) in [4.78, 5) is 8.78. The molecule has 2 aromatic heterocycles. The minimum atomic E-state index is 0.230. The SMILES string of the molecule is CN=C(NCc1ccnc(-n2cccn2)c1)NCC(c1ccccc1)c1ccccc1. The Kier molecular flexibility index (Phi) is 6.70. The van der Waals surface area contributed by atoms with E-state index in [2.05, 4.69) is 74.2 Å². The number of guanidine groups is 1. The highest BCUT2D eigenvalue weighted by molar-refractivity contribution is 5.79. The number of pyridine rings is 1. The zero-order valence-electron chi connectivity index (χ0n) is 17.5. The predicted octanol–water partition coefficient (Wildman–Crippen LogP) is 3.76. The fourth-order valence-corrected chi connectivity index (χ4v) is 3.50. The van der Waals surface area contributed by atoms with Gasteiger partial charge in [0.15, 0.2) is 11.8 Å². The third-order valence-electron chi connectivity index (χ3n) is 5.11. The van der Waals surface area contributed by atoms with Crippen LogP contribution in [0.2, 0.25) is 0 Å². The van der Waals surface area contributed by atoms with Gasteiger partial charge in [0, 0.05) is 44.6 Å². The van der Waals surface area contributed by atoms with Crippen molar-refractivity contribution < 1.29 is 0 Å². The molecule has 156 valence electrons. The molecule has 0 bridgehead atoms. The molecule has 31 heavy (non-hydrogen) atoms. The van der Waals surface area contributed by atoms with Crippen molar-refractivity contribution in [2.45, 2.75) is 12.5 Å². The summed E-state index contributed by atoms with van der Waals surface area (Å²) in [5.74, 6) is 1.78. The first-order chi connectivity index (χ1) is 15.3. The molecule has 0 radical (unpaired) electrons. The van der Waals surface area contributed by atoms with Gasteiger partial charge in [-0.15, -0.1) is 0 Å². The summed E-state index contributed by atoms with van der Waals surface area (Å²) in [6.07, 6.45) is 5.42. The number of nitrogens with one attached hydrogen (secondary N) is 2. The van der Waals surface area contributed by atoms with Crippen molar-refractivity contribution in [3.8, 4) is 5.82 Å². The highest BCUT2D eigenvalue weighted by atomic mass is 15.3. The molecule has 0 saturated carbocycles. The first-order valence-electron chi connectivity index (χ1n) is 10.3. The van der Waals surface area contributed by atoms with Gasteiger partial charge in [-0.05, 0) is 34.9 Å². The minimum absolute atomic E-state index is 0.230. The standard InChI is InChI=1S/C25H26N6/c1-26-25(28-18-20-13-15-27-24(17-20)31-16-8-14-30-31)29-19-23(21-9-4-2-5-10-21)22-11-6-3-7-12-22/h2-17,23H,18-19H2,1H3,(H2,26,28,29). The highest BCUT2D eigenvalue weighted by Gasteiger charge is 2.14. The quantitative estimate of drug-likeness (QED) is 0.360. The highest BCUT2D eigenvalue weighted by Crippen LogP contribution is 2.23. The summed E-state index contributed by atoms with van der Waals surface area (Å²) in [5.41, 5.74) is 3.65. The van der Waals surface area contributed by atoms with Crippen molar-refractivity contribution >= 4 is 5.96 Å². The number of aromatic nitrogens is 3. The molecular formula is C25H26N6. The molecule has 6 heteroatoms. The Morgan fingerprint density at radius 3 is 2.23 bits per heavy atom. The molecule has 0 aliphatic carbocycles. The summed E-state index contributed by atoms with van der Waals surface area (Å²) in [7, 11) is 1.79. The topological polar surface area (TPSA) is 67.1 Å². The van der Waals surface area contributed by atoms with Crippen molar-refractivity contribution in [1.82, 2.24) is 25.4 Å². The lowest BCUT2D eigenvalue weighted by Crippen LogP contribution is -2.39. The molecule has 4 aromatic rings. The lowest BCUT2D eigenvalue weighted by Gasteiger charge is -2.20. The average molecular weight is 411 g/mol. The Hall–Kier alpha value is -3.93. The first kappa shape index (κ1) is 20.3. The van der Waals surface area contributed by atoms with E-state index >= 15 is 0 Å². The van der Waals surface area contributed by atoms with Crippen LogP contribution in [0.5, 0.6) is 0 Å². The molecule has 0 aliphatic heterocycles. The molecule has 0 unspecified atom stereocenters. The maximum Gasteiger partial charge on any atom is 0.191 e. The Bertz CT molecular complexity index is 1050. The molecule has 4 rings (SSSR count). The maximum atomic E-state index is 4.40. The molecule has 0 aliphatic rings. The van der Waals surface area contributed by atoms with Gasteiger partial charge in [-0.1, -0.05) is 60.7 Å². The van der Waals surface area contributed by atoms with Crippen LogP contribution in [0.4, 0.5) is 0 Å². The monoisotopic (exact) mass is 410 g/mol. The molecule has 0 amide bonds. The minimum Gasteiger partial charge on any atom is -0.355 e. The van der Waals surface area contributed by atoms with Gasteiger partial charge >= 0.3 is 0 Å². The fraction of sp³-hybridized carbons (Fsp3) is 0.160. The van der Waals surface area contributed by atoms with Crippen LogP contribution in [-0.4, -0.2) is 34.3 Å². The van der Waals surface area contributed by atoms with E-state index in [9.17, 15) is 0 Å². The van der Waals surface area contributed by atoms with Crippen LogP contribution in [0.1, 0.15) is 22.6 Å². The van der Waals surface area contributed by atoms with Gasteiger partial charge in [0.25, 0.3) is 0 Å². The van der Waals surface area contributed by atoms with Crippen LogP contribution in [0.25, 0.3) is 5.82 Å². The molecule has 0 spiro atoms. The van der Waals surface area contributed by atoms with Gasteiger partial charge in [0.1, 0.15) is 0 Å². The van der Waals surface area contributed by atoms with Crippen molar-refractivity contribution in [3.05, 3.63) is 114 Å². The number of hydrogen-bond donors (Lipinski definition) is 2. The normalized spacial score (nSPS) is 11.5. The van der Waals surface area contributed by atoms with Gasteiger partial charge in [-0.25, -0.2) is 9.67 Å². The largest absolute Gasteiger partial charge is 0.355 e. The molecule has 2 N–H and O–H groups in total. The van der Waals surface area contributed by atoms with Crippen molar-refractivity contribution in [2.24, 2.45) is 4.99 Å². The van der Waals surface area contributed by atoms with E-state index in [1.54, 1.807) is 24.1 Å². The first-order valence-corrected chi connectivity index (χ1v) is 10.3. The molecular weight excluding hydrogens is 384 g/mol. The number of hydrogen-bond acceptors (Lipinski definition) is 3. The summed E-state index contributed by atoms with van der Waals surface area (Å²) < 4.78 is 1.75. The summed E-state index contributed by atoms with van der Waals surface area (Å²) in [5, 5.41) is 11.1. The lowest BCUT2D eigenvalue weighted by atomic mass is 9.91. The fourth-order valence-electron chi connectivity index (χ4n) is 3.50. The zero-order chi connectivity index (χ0) is 21.3. The van der Waals surface area contributed by atoms with E-state index in [-0.39, 0.29) is 5.92 Å². The van der Waals surface area contributed by atoms with Gasteiger partial charge < -0.3 is 10.6 Å². The maximum absolute atomic E-state index is 4.40. The van der Waals surface area contributed by atoms with Crippen LogP contribution in [-0.2, 0) is 6.54 Å². The lowest BCUT2D eigenvalue weighted by molar-refractivity contribution is 0.727. The summed E-state index contributed by atoms with van der Waals surface area (Å²) >= 11 is 0. The van der Waals surface area contributed by atoms with Crippen molar-refractivity contribution in [2.75, 3.05) is 13.6 Å². The number of aliphatic imine (C=N–C) groups is 1. The molecule has 6 nitrogen and oxygen atoms in total. The van der Waals surface area contributed by atoms with E-state index in [1.165, 1.54) is 11.1 Å². The second-order valence-electron chi connectivity index (χ2n) is 7.15. The summed E-state index contributed by atoms with van der Waals surface area (Å²) in [6.45, 7) is 1.38. The number of nitrogens with zero attached hydrogens (tertiary/aromatic N) is 4. The zero-order valence-corrected chi connectivity index (χ0v) is 17.5. The van der Waals surface area contributed by atoms with Gasteiger partial charge in [-0.3, -0.25) is 4.99 Å². The van der Waals surface area contributed by atoms with Crippen LogP contribution >= 0.6 is 0 Å². The smallest absolute Gasteiger partial charge is 0.191 e. The molecule has 0 saturated heterocycles. The van der Waals surface area contributed by atoms with E-state index in [0.29, 0.717) is 6.54 Å². The van der Waals surface area contributed by atoms with Gasteiger partial charge in [-0.2, -0.15) is 5.10 Å². The van der Waals surface area contributed by atoms with Gasteiger partial charge in [0.05, 0.1) is 0 Å². The van der Waals surface area contributed by atoms with Crippen LogP contribution in [0.15, 0.2) is 102 Å². The van der Waals surface area contributed by atoms with Crippen molar-refractivity contribution in [3.63, 3.8) is 0 Å². The van der Waals surface area contributed by atoms with E-state index < -0.39 is 0 Å². The van der Waals surface area contributed by atoms with Crippen LogP contribution in [0.3, 0.4) is 0 Å².